The van der Waals surface area contributed by atoms with Crippen LogP contribution in [0.3, 0.4) is 0 Å². The molecule has 0 saturated carbocycles. The smallest absolute Gasteiger partial charge is 0.0965 e. The second-order valence-electron chi connectivity index (χ2n) is 6.87. The lowest BCUT2D eigenvalue weighted by Crippen LogP contribution is -2.22. The van der Waals surface area contributed by atoms with E-state index in [1.54, 1.807) is 6.20 Å². The van der Waals surface area contributed by atoms with Crippen molar-refractivity contribution in [3.05, 3.63) is 66.2 Å². The fraction of sp³-hybridized carbons (Fsp3) is 0.316. The van der Waals surface area contributed by atoms with Crippen LogP contribution in [0, 0.1) is 0 Å². The summed E-state index contributed by atoms with van der Waals surface area (Å²) in [5, 5.41) is 11.8. The molecule has 0 radical (unpaired) electrons. The molecule has 5 heteroatoms. The number of benzene rings is 1. The molecule has 0 spiro atoms. The van der Waals surface area contributed by atoms with Crippen LogP contribution in [0.2, 0.25) is 0 Å². The van der Waals surface area contributed by atoms with Gasteiger partial charge < -0.3 is 5.32 Å². The van der Waals surface area contributed by atoms with E-state index in [1.165, 1.54) is 11.1 Å². The van der Waals surface area contributed by atoms with Crippen LogP contribution in [0.5, 0.6) is 0 Å². The average molecular weight is 321 g/mol. The molecule has 0 bridgehead atoms. The Hall–Kier alpha value is -2.53. The molecule has 5 nitrogen and oxygen atoms in total. The van der Waals surface area contributed by atoms with E-state index in [0.29, 0.717) is 6.54 Å². The number of hydrogen-bond acceptors (Lipinski definition) is 4. The third kappa shape index (κ3) is 4.06. The van der Waals surface area contributed by atoms with Crippen molar-refractivity contribution >= 4 is 0 Å². The maximum Gasteiger partial charge on any atom is 0.0965 e. The van der Waals surface area contributed by atoms with Gasteiger partial charge in [-0.2, -0.15) is 0 Å². The molecule has 0 saturated heterocycles. The van der Waals surface area contributed by atoms with Crippen LogP contribution in [0.15, 0.2) is 55.0 Å². The maximum absolute atomic E-state index is 4.21. The number of pyridine rings is 1. The van der Waals surface area contributed by atoms with Crippen molar-refractivity contribution in [2.75, 3.05) is 0 Å². The SMILES string of the molecule is CC(C)(C)n1cc(CNCc2ccc(-c3cccnc3)cc2)nn1. The molecule has 0 unspecified atom stereocenters. The maximum atomic E-state index is 4.21. The first-order valence-electron chi connectivity index (χ1n) is 8.14. The zero-order valence-corrected chi connectivity index (χ0v) is 14.4. The van der Waals surface area contributed by atoms with Crippen molar-refractivity contribution in [3.8, 4) is 11.1 Å². The molecule has 24 heavy (non-hydrogen) atoms. The summed E-state index contributed by atoms with van der Waals surface area (Å²) >= 11 is 0. The summed E-state index contributed by atoms with van der Waals surface area (Å²) in [4.78, 5) is 4.16. The summed E-state index contributed by atoms with van der Waals surface area (Å²) in [7, 11) is 0. The van der Waals surface area contributed by atoms with E-state index in [1.807, 2.05) is 23.1 Å². The van der Waals surface area contributed by atoms with Gasteiger partial charge in [-0.05, 0) is 43.5 Å². The van der Waals surface area contributed by atoms with E-state index in [9.17, 15) is 0 Å². The Morgan fingerprint density at radius 3 is 2.42 bits per heavy atom. The van der Waals surface area contributed by atoms with Crippen molar-refractivity contribution in [2.45, 2.75) is 39.4 Å². The lowest BCUT2D eigenvalue weighted by atomic mass is 10.1. The van der Waals surface area contributed by atoms with Gasteiger partial charge in [0.1, 0.15) is 0 Å². The molecule has 124 valence electrons. The lowest BCUT2D eigenvalue weighted by Gasteiger charge is -2.17. The van der Waals surface area contributed by atoms with Crippen molar-refractivity contribution in [3.63, 3.8) is 0 Å². The second kappa shape index (κ2) is 6.93. The Bertz CT molecular complexity index is 770. The zero-order valence-electron chi connectivity index (χ0n) is 14.4. The Morgan fingerprint density at radius 1 is 1.00 bits per heavy atom. The zero-order chi connectivity index (χ0) is 17.0. The summed E-state index contributed by atoms with van der Waals surface area (Å²) in [6, 6.07) is 12.6. The highest BCUT2D eigenvalue weighted by atomic mass is 15.4. The third-order valence-electron chi connectivity index (χ3n) is 3.81. The van der Waals surface area contributed by atoms with Crippen LogP contribution >= 0.6 is 0 Å². The topological polar surface area (TPSA) is 55.6 Å². The van der Waals surface area contributed by atoms with Gasteiger partial charge in [0.2, 0.25) is 0 Å². The van der Waals surface area contributed by atoms with Gasteiger partial charge in [0.15, 0.2) is 0 Å². The molecule has 2 aromatic heterocycles. The molecule has 3 aromatic rings. The Kier molecular flexibility index (Phi) is 4.71. The molecule has 1 aromatic carbocycles. The van der Waals surface area contributed by atoms with Crippen LogP contribution in [0.4, 0.5) is 0 Å². The van der Waals surface area contributed by atoms with Gasteiger partial charge in [-0.25, -0.2) is 4.68 Å². The van der Waals surface area contributed by atoms with Gasteiger partial charge in [-0.1, -0.05) is 35.5 Å². The molecular weight excluding hydrogens is 298 g/mol. The second-order valence-corrected chi connectivity index (χ2v) is 6.87. The summed E-state index contributed by atoms with van der Waals surface area (Å²) in [6.45, 7) is 7.85. The highest BCUT2D eigenvalue weighted by Crippen LogP contribution is 2.18. The fourth-order valence-corrected chi connectivity index (χ4v) is 2.39. The minimum Gasteiger partial charge on any atom is -0.307 e. The average Bonchev–Trinajstić information content (AvgIpc) is 3.06. The van der Waals surface area contributed by atoms with Crippen LogP contribution in [-0.2, 0) is 18.6 Å². The molecule has 3 rings (SSSR count). The summed E-state index contributed by atoms with van der Waals surface area (Å²) in [6.07, 6.45) is 5.67. The van der Waals surface area contributed by atoms with Gasteiger partial charge in [-0.3, -0.25) is 4.98 Å². The van der Waals surface area contributed by atoms with E-state index >= 15 is 0 Å². The molecule has 0 aliphatic carbocycles. The minimum absolute atomic E-state index is 0.0343. The van der Waals surface area contributed by atoms with Gasteiger partial charge in [0.05, 0.1) is 17.4 Å². The lowest BCUT2D eigenvalue weighted by molar-refractivity contribution is 0.347. The van der Waals surface area contributed by atoms with Crippen molar-refractivity contribution in [1.29, 1.82) is 0 Å². The van der Waals surface area contributed by atoms with Gasteiger partial charge >= 0.3 is 0 Å². The molecule has 0 atom stereocenters. The summed E-state index contributed by atoms with van der Waals surface area (Å²) < 4.78 is 1.90. The van der Waals surface area contributed by atoms with Crippen LogP contribution in [0.1, 0.15) is 32.0 Å². The minimum atomic E-state index is -0.0343. The molecule has 0 aliphatic heterocycles. The number of nitrogens with one attached hydrogen (secondary N) is 1. The Labute approximate surface area is 142 Å². The highest BCUT2D eigenvalue weighted by Gasteiger charge is 2.14. The molecular formula is C19H23N5. The predicted molar refractivity (Wildman–Crippen MR) is 95.2 cm³/mol. The summed E-state index contributed by atoms with van der Waals surface area (Å²) in [5.74, 6) is 0. The number of aromatic nitrogens is 4. The predicted octanol–water partition coefficient (Wildman–Crippen LogP) is 3.38. The third-order valence-corrected chi connectivity index (χ3v) is 3.81. The van der Waals surface area contributed by atoms with E-state index in [0.717, 1.165) is 17.8 Å². The van der Waals surface area contributed by atoms with Gasteiger partial charge in [0.25, 0.3) is 0 Å². The van der Waals surface area contributed by atoms with E-state index in [4.69, 9.17) is 0 Å². The quantitative estimate of drug-likeness (QED) is 0.782. The first-order chi connectivity index (χ1) is 11.5. The fourth-order valence-electron chi connectivity index (χ4n) is 2.39. The number of rotatable bonds is 5. The van der Waals surface area contributed by atoms with Crippen molar-refractivity contribution in [1.82, 2.24) is 25.3 Å². The molecule has 0 amide bonds. The van der Waals surface area contributed by atoms with E-state index < -0.39 is 0 Å². The van der Waals surface area contributed by atoms with Crippen molar-refractivity contribution < 1.29 is 0 Å². The molecule has 2 heterocycles. The van der Waals surface area contributed by atoms with Crippen LogP contribution in [0.25, 0.3) is 11.1 Å². The Morgan fingerprint density at radius 2 is 1.79 bits per heavy atom. The first kappa shape index (κ1) is 16.3. The van der Waals surface area contributed by atoms with Crippen LogP contribution in [-0.4, -0.2) is 20.0 Å². The summed E-state index contributed by atoms with van der Waals surface area (Å²) in [5.41, 5.74) is 4.48. The largest absolute Gasteiger partial charge is 0.307 e. The first-order valence-corrected chi connectivity index (χ1v) is 8.14. The Balaban J connectivity index is 1.55. The number of hydrogen-bond donors (Lipinski definition) is 1. The van der Waals surface area contributed by atoms with Crippen molar-refractivity contribution in [2.24, 2.45) is 0 Å². The van der Waals surface area contributed by atoms with E-state index in [-0.39, 0.29) is 5.54 Å². The monoisotopic (exact) mass is 321 g/mol. The normalized spacial score (nSPS) is 11.6. The molecule has 0 aliphatic rings. The van der Waals surface area contributed by atoms with E-state index in [2.05, 4.69) is 71.7 Å². The molecule has 1 N–H and O–H groups in total. The van der Waals surface area contributed by atoms with Gasteiger partial charge in [-0.15, -0.1) is 5.10 Å². The van der Waals surface area contributed by atoms with Crippen LogP contribution < -0.4 is 5.32 Å². The number of nitrogens with zero attached hydrogens (tertiary/aromatic N) is 4. The highest BCUT2D eigenvalue weighted by molar-refractivity contribution is 5.62. The van der Waals surface area contributed by atoms with Gasteiger partial charge in [0, 0.05) is 25.5 Å². The molecule has 0 fully saturated rings. The standard InChI is InChI=1S/C19H23N5/c1-19(2,3)24-14-18(22-23-24)13-21-11-15-6-8-16(9-7-15)17-5-4-10-20-12-17/h4-10,12,14,21H,11,13H2,1-3H3.